The van der Waals surface area contributed by atoms with Crippen molar-refractivity contribution in [2.24, 2.45) is 44.8 Å². The summed E-state index contributed by atoms with van der Waals surface area (Å²) in [6, 6.07) is -0.561. The lowest BCUT2D eigenvalue weighted by Crippen LogP contribution is -2.67. The zero-order chi connectivity index (χ0) is 26.5. The molecule has 9 atom stereocenters. The van der Waals surface area contributed by atoms with Gasteiger partial charge in [-0.1, -0.05) is 47.1 Å². The fraction of sp³-hybridized carbons (Fsp3) is 0.867. The molecule has 5 aliphatic rings. The van der Waals surface area contributed by atoms with Gasteiger partial charge in [-0.15, -0.1) is 0 Å². The van der Waals surface area contributed by atoms with Crippen LogP contribution in [0.3, 0.4) is 0 Å². The summed E-state index contributed by atoms with van der Waals surface area (Å²) >= 11 is 0. The molecule has 0 aliphatic heterocycles. The van der Waals surface area contributed by atoms with Crippen molar-refractivity contribution in [2.75, 3.05) is 0 Å². The monoisotopic (exact) mass is 500 g/mol. The van der Waals surface area contributed by atoms with Gasteiger partial charge in [0.2, 0.25) is 0 Å². The Balaban J connectivity index is 1.58. The summed E-state index contributed by atoms with van der Waals surface area (Å²) in [6.45, 7) is 16.1. The number of urea groups is 1. The van der Waals surface area contributed by atoms with Crippen molar-refractivity contribution < 1.29 is 19.9 Å². The van der Waals surface area contributed by atoms with Crippen molar-refractivity contribution in [1.29, 1.82) is 0 Å². The number of aliphatic hydroxyl groups is 1. The molecule has 0 aromatic carbocycles. The third-order valence-electron chi connectivity index (χ3n) is 13.1. The summed E-state index contributed by atoms with van der Waals surface area (Å²) in [4.78, 5) is 26.3. The average molecular weight is 501 g/mol. The molecule has 5 aliphatic carbocycles. The van der Waals surface area contributed by atoms with Gasteiger partial charge >= 0.3 is 6.03 Å². The molecular weight excluding hydrogens is 452 g/mol. The van der Waals surface area contributed by atoms with Gasteiger partial charge in [0.05, 0.1) is 6.10 Å². The molecule has 0 saturated heterocycles. The second kappa shape index (κ2) is 7.81. The summed E-state index contributed by atoms with van der Waals surface area (Å²) in [5.74, 6) is 0.831. The number of rotatable bonds is 1. The number of amides is 2. The van der Waals surface area contributed by atoms with Crippen LogP contribution >= 0.6 is 0 Å². The Bertz CT molecular complexity index is 1010. The van der Waals surface area contributed by atoms with E-state index in [1.807, 2.05) is 0 Å². The Morgan fingerprint density at radius 3 is 2.28 bits per heavy atom. The molecule has 2 amide bonds. The van der Waals surface area contributed by atoms with E-state index in [9.17, 15) is 14.7 Å². The minimum Gasteiger partial charge on any atom is -0.393 e. The summed E-state index contributed by atoms with van der Waals surface area (Å²) < 4.78 is 0. The number of aliphatic hydroxyl groups excluding tert-OH is 1. The lowest BCUT2D eigenvalue weighted by molar-refractivity contribution is -0.201. The predicted molar refractivity (Wildman–Crippen MR) is 139 cm³/mol. The van der Waals surface area contributed by atoms with Gasteiger partial charge in [-0.05, 0) is 110 Å². The molecule has 0 aromatic rings. The highest BCUT2D eigenvalue weighted by Gasteiger charge is 2.70. The highest BCUT2D eigenvalue weighted by molar-refractivity contribution is 5.95. The Morgan fingerprint density at radius 2 is 1.61 bits per heavy atom. The molecule has 0 spiro atoms. The third-order valence-corrected chi connectivity index (χ3v) is 13.1. The van der Waals surface area contributed by atoms with Crippen LogP contribution in [-0.4, -0.2) is 33.8 Å². The molecule has 4 saturated carbocycles. The topological polar surface area (TPSA) is 98.7 Å². The maximum absolute atomic E-state index is 14.3. The van der Waals surface area contributed by atoms with Crippen LogP contribution in [0.25, 0.3) is 0 Å². The van der Waals surface area contributed by atoms with Crippen LogP contribution in [0.1, 0.15) is 106 Å². The van der Waals surface area contributed by atoms with Gasteiger partial charge in [-0.2, -0.15) is 0 Å². The molecule has 0 unspecified atom stereocenters. The quantitative estimate of drug-likeness (QED) is 0.271. The number of nitrogens with one attached hydrogen (secondary N) is 2. The van der Waals surface area contributed by atoms with Crippen molar-refractivity contribution in [3.05, 3.63) is 11.6 Å². The maximum atomic E-state index is 14.3. The van der Waals surface area contributed by atoms with Gasteiger partial charge in [0.1, 0.15) is 0 Å². The smallest absolute Gasteiger partial charge is 0.338 e. The van der Waals surface area contributed by atoms with E-state index in [0.717, 1.165) is 57.8 Å². The van der Waals surface area contributed by atoms with Gasteiger partial charge < -0.3 is 10.4 Å². The molecule has 36 heavy (non-hydrogen) atoms. The molecule has 6 heteroatoms. The van der Waals surface area contributed by atoms with Crippen molar-refractivity contribution in [2.45, 2.75) is 118 Å². The lowest BCUT2D eigenvalue weighted by Gasteiger charge is -2.70. The number of hydrogen-bond acceptors (Lipinski definition) is 4. The normalized spacial score (nSPS) is 51.6. The van der Waals surface area contributed by atoms with Crippen LogP contribution in [0.2, 0.25) is 0 Å². The number of carbonyl (C=O) groups is 2. The SMILES string of the molecule is CC1(C)[C@@H](O)CC[C@]2(C)[C@H]3C(=O)C=C4[C@@H]5C[C@@](C)(NC(=O)NO)CC[C@]5(C)CC[C@@]4(C)[C@]3(C)CC[C@@H]12. The van der Waals surface area contributed by atoms with Crippen molar-refractivity contribution in [3.8, 4) is 0 Å². The van der Waals surface area contributed by atoms with Gasteiger partial charge in [0, 0.05) is 11.5 Å². The Kier molecular flexibility index (Phi) is 5.69. The molecule has 0 heterocycles. The Labute approximate surface area is 217 Å². The summed E-state index contributed by atoms with van der Waals surface area (Å²) in [7, 11) is 0. The Hall–Kier alpha value is -1.40. The van der Waals surface area contributed by atoms with E-state index in [1.165, 1.54) is 5.57 Å². The first-order chi connectivity index (χ1) is 16.6. The van der Waals surface area contributed by atoms with E-state index < -0.39 is 11.6 Å². The van der Waals surface area contributed by atoms with E-state index >= 15 is 0 Å². The zero-order valence-corrected chi connectivity index (χ0v) is 23.5. The van der Waals surface area contributed by atoms with E-state index in [0.29, 0.717) is 11.7 Å². The minimum absolute atomic E-state index is 0.0260. The maximum Gasteiger partial charge on any atom is 0.338 e. The second-order valence-corrected chi connectivity index (χ2v) is 15.2. The fourth-order valence-corrected chi connectivity index (χ4v) is 10.6. The van der Waals surface area contributed by atoms with E-state index in [4.69, 9.17) is 5.21 Å². The summed E-state index contributed by atoms with van der Waals surface area (Å²) in [6.07, 6.45) is 10.4. The first-order valence-corrected chi connectivity index (χ1v) is 14.2. The molecule has 0 radical (unpaired) electrons. The molecule has 0 bridgehead atoms. The van der Waals surface area contributed by atoms with Crippen LogP contribution in [0.4, 0.5) is 4.79 Å². The number of carbonyl (C=O) groups excluding carboxylic acids is 2. The van der Waals surface area contributed by atoms with E-state index in [-0.39, 0.29) is 45.0 Å². The lowest BCUT2D eigenvalue weighted by atomic mass is 9.33. The largest absolute Gasteiger partial charge is 0.393 e. The fourth-order valence-electron chi connectivity index (χ4n) is 10.6. The first-order valence-electron chi connectivity index (χ1n) is 14.2. The summed E-state index contributed by atoms with van der Waals surface area (Å²) in [5.41, 5.74) is 2.25. The number of ketones is 1. The highest BCUT2D eigenvalue weighted by atomic mass is 16.5. The molecule has 202 valence electrons. The predicted octanol–water partition coefficient (Wildman–Crippen LogP) is 5.77. The van der Waals surface area contributed by atoms with E-state index in [1.54, 1.807) is 5.48 Å². The summed E-state index contributed by atoms with van der Waals surface area (Å²) in [5, 5.41) is 23.0. The molecule has 4 fully saturated rings. The number of hydroxylamine groups is 1. The van der Waals surface area contributed by atoms with E-state index in [2.05, 4.69) is 59.9 Å². The number of allylic oxidation sites excluding steroid dienone is 2. The Morgan fingerprint density at radius 1 is 0.944 bits per heavy atom. The van der Waals surface area contributed by atoms with Crippen molar-refractivity contribution in [1.82, 2.24) is 10.8 Å². The van der Waals surface area contributed by atoms with Gasteiger partial charge in [-0.3, -0.25) is 10.0 Å². The standard InChI is InChI=1S/C30H48N2O4/c1-25(2)21-8-11-30(7)23(28(21,5)10-9-22(25)34)20(33)16-18-19-17-27(4,31-24(35)32-36)14-12-26(19,3)13-15-29(18,30)6/h16,19,21-23,34,36H,8-15,17H2,1-7H3,(H2,31,32,35)/t19-,21-,22-,23+,26+,27-,28-,29+,30+/m0/s1. The van der Waals surface area contributed by atoms with Crippen LogP contribution in [0.15, 0.2) is 11.6 Å². The van der Waals surface area contributed by atoms with Crippen molar-refractivity contribution in [3.63, 3.8) is 0 Å². The van der Waals surface area contributed by atoms with Crippen LogP contribution < -0.4 is 10.8 Å². The number of hydrogen-bond donors (Lipinski definition) is 4. The van der Waals surface area contributed by atoms with Gasteiger partial charge in [-0.25, -0.2) is 10.3 Å². The highest BCUT2D eigenvalue weighted by Crippen LogP contribution is 2.74. The molecule has 6 nitrogen and oxygen atoms in total. The molecule has 4 N–H and O–H groups in total. The van der Waals surface area contributed by atoms with Gasteiger partial charge in [0.15, 0.2) is 5.78 Å². The molecule has 5 rings (SSSR count). The second-order valence-electron chi connectivity index (χ2n) is 15.2. The first kappa shape index (κ1) is 26.2. The van der Waals surface area contributed by atoms with Crippen LogP contribution in [0.5, 0.6) is 0 Å². The van der Waals surface area contributed by atoms with Crippen LogP contribution in [0, 0.1) is 44.8 Å². The van der Waals surface area contributed by atoms with Crippen LogP contribution in [-0.2, 0) is 4.79 Å². The van der Waals surface area contributed by atoms with Crippen molar-refractivity contribution >= 4 is 11.8 Å². The third kappa shape index (κ3) is 3.28. The minimum atomic E-state index is -0.561. The zero-order valence-electron chi connectivity index (χ0n) is 23.5. The molecular formula is C30H48N2O4. The average Bonchev–Trinajstić information content (AvgIpc) is 2.79. The molecule has 0 aromatic heterocycles. The van der Waals surface area contributed by atoms with Gasteiger partial charge in [0.25, 0.3) is 0 Å². The number of fused-ring (bicyclic) bond motifs is 7.